The van der Waals surface area contributed by atoms with Gasteiger partial charge in [0.2, 0.25) is 0 Å². The number of fused-ring (bicyclic) bond motifs is 1. The van der Waals surface area contributed by atoms with E-state index in [1.54, 1.807) is 0 Å². The number of H-pyrrole nitrogens is 1. The van der Waals surface area contributed by atoms with Crippen LogP contribution in [0.1, 0.15) is 5.56 Å². The van der Waals surface area contributed by atoms with E-state index >= 15 is 0 Å². The molecule has 0 unspecified atom stereocenters. The number of aromatic nitrogens is 2. The summed E-state index contributed by atoms with van der Waals surface area (Å²) < 4.78 is 13.0. The number of nitrogens with zero attached hydrogens (tertiary/aromatic N) is 2. The van der Waals surface area contributed by atoms with Gasteiger partial charge >= 0.3 is 0 Å². The van der Waals surface area contributed by atoms with E-state index in [9.17, 15) is 4.39 Å². The Kier molecular flexibility index (Phi) is 1.31. The number of nitrogens with one attached hydrogen (secondary N) is 1. The van der Waals surface area contributed by atoms with Gasteiger partial charge in [-0.15, -0.1) is 0 Å². The molecule has 0 aliphatic heterocycles. The molecule has 0 saturated heterocycles. The molecule has 1 aromatic carbocycles. The molecular weight excluding hydrogens is 157 g/mol. The van der Waals surface area contributed by atoms with Crippen LogP contribution in [0.2, 0.25) is 0 Å². The molecule has 0 saturated carbocycles. The molecule has 0 aliphatic carbocycles. The van der Waals surface area contributed by atoms with E-state index < -0.39 is 0 Å². The fraction of sp³-hybridized carbons (Fsp3) is 0. The van der Waals surface area contributed by atoms with Crippen LogP contribution >= 0.6 is 0 Å². The smallest absolute Gasteiger partial charge is 0.148 e. The highest BCUT2D eigenvalue weighted by molar-refractivity contribution is 5.84. The lowest BCUT2D eigenvalue weighted by atomic mass is 10.1. The van der Waals surface area contributed by atoms with Crippen LogP contribution < -0.4 is 0 Å². The lowest BCUT2D eigenvalue weighted by molar-refractivity contribution is 0.636. The first-order valence-corrected chi connectivity index (χ1v) is 3.34. The molecule has 0 atom stereocenters. The normalized spacial score (nSPS) is 10.0. The van der Waals surface area contributed by atoms with Crippen LogP contribution in [-0.4, -0.2) is 10.2 Å². The van der Waals surface area contributed by atoms with E-state index in [-0.39, 0.29) is 11.3 Å². The maximum absolute atomic E-state index is 13.0. The van der Waals surface area contributed by atoms with Crippen molar-refractivity contribution in [2.24, 2.45) is 0 Å². The van der Waals surface area contributed by atoms with Gasteiger partial charge in [0.15, 0.2) is 0 Å². The Labute approximate surface area is 67.4 Å². The summed E-state index contributed by atoms with van der Waals surface area (Å²) >= 11 is 0. The molecule has 3 nitrogen and oxygen atoms in total. The summed E-state index contributed by atoms with van der Waals surface area (Å²) in [4.78, 5) is 0. The molecule has 1 N–H and O–H groups in total. The van der Waals surface area contributed by atoms with E-state index in [4.69, 9.17) is 5.26 Å². The molecule has 12 heavy (non-hydrogen) atoms. The fourth-order valence-electron chi connectivity index (χ4n) is 1.10. The molecule has 1 aromatic heterocycles. The monoisotopic (exact) mass is 161 g/mol. The summed E-state index contributed by atoms with van der Waals surface area (Å²) in [6, 6.07) is 4.64. The average molecular weight is 161 g/mol. The Morgan fingerprint density at radius 3 is 3.08 bits per heavy atom. The molecule has 0 fully saturated rings. The third kappa shape index (κ3) is 0.768. The maximum Gasteiger partial charge on any atom is 0.148 e. The van der Waals surface area contributed by atoms with E-state index in [0.29, 0.717) is 10.9 Å². The second kappa shape index (κ2) is 2.31. The fourth-order valence-corrected chi connectivity index (χ4v) is 1.10. The average Bonchev–Trinajstić information content (AvgIpc) is 2.54. The lowest BCUT2D eigenvalue weighted by Gasteiger charge is -1.92. The molecule has 0 spiro atoms. The molecular formula is C8H4FN3. The van der Waals surface area contributed by atoms with Gasteiger partial charge in [0.25, 0.3) is 0 Å². The summed E-state index contributed by atoms with van der Waals surface area (Å²) in [6.07, 6.45) is 1.44. The van der Waals surface area contributed by atoms with Crippen LogP contribution in [0.25, 0.3) is 10.9 Å². The highest BCUT2D eigenvalue weighted by Gasteiger charge is 2.05. The molecule has 0 radical (unpaired) electrons. The minimum atomic E-state index is -0.387. The summed E-state index contributed by atoms with van der Waals surface area (Å²) in [5.41, 5.74) is 0.717. The standard InChI is InChI=1S/C8H4FN3/c9-7-2-1-5(3-10)6-4-11-12-8(6)7/h1-2,4H,(H,11,12). The number of aromatic amines is 1. The molecule has 2 aromatic rings. The van der Waals surface area contributed by atoms with E-state index in [1.807, 2.05) is 6.07 Å². The van der Waals surface area contributed by atoms with Crippen LogP contribution in [0.3, 0.4) is 0 Å². The van der Waals surface area contributed by atoms with Gasteiger partial charge in [0.05, 0.1) is 17.8 Å². The largest absolute Gasteiger partial charge is 0.275 e. The van der Waals surface area contributed by atoms with Crippen molar-refractivity contribution in [1.82, 2.24) is 10.2 Å². The highest BCUT2D eigenvalue weighted by atomic mass is 19.1. The summed E-state index contributed by atoms with van der Waals surface area (Å²) in [7, 11) is 0. The zero-order chi connectivity index (χ0) is 8.55. The molecule has 58 valence electrons. The lowest BCUT2D eigenvalue weighted by Crippen LogP contribution is -1.81. The third-order valence-corrected chi connectivity index (χ3v) is 1.69. The van der Waals surface area contributed by atoms with Gasteiger partial charge in [-0.3, -0.25) is 5.10 Å². The number of hydrogen-bond donors (Lipinski definition) is 1. The molecule has 0 bridgehead atoms. The van der Waals surface area contributed by atoms with Crippen LogP contribution in [0.5, 0.6) is 0 Å². The zero-order valence-corrected chi connectivity index (χ0v) is 6.00. The Morgan fingerprint density at radius 1 is 1.50 bits per heavy atom. The van der Waals surface area contributed by atoms with Gasteiger partial charge in [0.1, 0.15) is 11.3 Å². The van der Waals surface area contributed by atoms with Gasteiger partial charge in [-0.2, -0.15) is 10.4 Å². The number of benzene rings is 1. The number of rotatable bonds is 0. The predicted octanol–water partition coefficient (Wildman–Crippen LogP) is 1.57. The molecule has 0 amide bonds. The maximum atomic E-state index is 13.0. The third-order valence-electron chi connectivity index (χ3n) is 1.69. The topological polar surface area (TPSA) is 52.5 Å². The molecule has 4 heteroatoms. The van der Waals surface area contributed by atoms with E-state index in [1.165, 1.54) is 18.3 Å². The molecule has 0 aliphatic rings. The number of hydrogen-bond acceptors (Lipinski definition) is 2. The van der Waals surface area contributed by atoms with Gasteiger partial charge < -0.3 is 0 Å². The van der Waals surface area contributed by atoms with E-state index in [2.05, 4.69) is 10.2 Å². The van der Waals surface area contributed by atoms with Gasteiger partial charge in [-0.1, -0.05) is 0 Å². The second-order valence-electron chi connectivity index (χ2n) is 2.37. The van der Waals surface area contributed by atoms with Crippen LogP contribution in [0.4, 0.5) is 4.39 Å². The summed E-state index contributed by atoms with van der Waals surface area (Å²) in [5, 5.41) is 15.3. The first kappa shape index (κ1) is 6.80. The Morgan fingerprint density at radius 2 is 2.33 bits per heavy atom. The summed E-state index contributed by atoms with van der Waals surface area (Å²) in [6.45, 7) is 0. The number of nitriles is 1. The van der Waals surface area contributed by atoms with Crippen molar-refractivity contribution in [2.45, 2.75) is 0 Å². The SMILES string of the molecule is N#Cc1ccc(F)c2[nH]ncc12. The minimum Gasteiger partial charge on any atom is -0.275 e. The van der Waals surface area contributed by atoms with Crippen molar-refractivity contribution in [1.29, 1.82) is 5.26 Å². The van der Waals surface area contributed by atoms with Gasteiger partial charge in [-0.25, -0.2) is 4.39 Å². The minimum absolute atomic E-state index is 0.286. The van der Waals surface area contributed by atoms with Crippen molar-refractivity contribution in [3.63, 3.8) is 0 Å². The first-order valence-electron chi connectivity index (χ1n) is 3.34. The first-order chi connectivity index (χ1) is 5.83. The summed E-state index contributed by atoms with van der Waals surface area (Å²) in [5.74, 6) is -0.387. The molecule has 2 rings (SSSR count). The predicted molar refractivity (Wildman–Crippen MR) is 40.8 cm³/mol. The highest BCUT2D eigenvalue weighted by Crippen LogP contribution is 2.18. The Hall–Kier alpha value is -1.89. The van der Waals surface area contributed by atoms with Crippen LogP contribution in [-0.2, 0) is 0 Å². The van der Waals surface area contributed by atoms with Crippen LogP contribution in [0.15, 0.2) is 18.3 Å². The van der Waals surface area contributed by atoms with Crippen molar-refractivity contribution in [2.75, 3.05) is 0 Å². The van der Waals surface area contributed by atoms with Crippen molar-refractivity contribution in [3.8, 4) is 6.07 Å². The Bertz CT molecular complexity index is 467. The zero-order valence-electron chi connectivity index (χ0n) is 6.00. The van der Waals surface area contributed by atoms with Crippen molar-refractivity contribution >= 4 is 10.9 Å². The van der Waals surface area contributed by atoms with Gasteiger partial charge in [0, 0.05) is 5.39 Å². The quantitative estimate of drug-likeness (QED) is 0.637. The van der Waals surface area contributed by atoms with Crippen molar-refractivity contribution in [3.05, 3.63) is 29.7 Å². The second-order valence-corrected chi connectivity index (χ2v) is 2.37. The van der Waals surface area contributed by atoms with Gasteiger partial charge in [-0.05, 0) is 12.1 Å². The van der Waals surface area contributed by atoms with Crippen LogP contribution in [0, 0.1) is 17.1 Å². The van der Waals surface area contributed by atoms with Crippen molar-refractivity contribution < 1.29 is 4.39 Å². The molecule has 1 heterocycles. The van der Waals surface area contributed by atoms with E-state index in [0.717, 1.165) is 0 Å². The Balaban J connectivity index is 2.94. The number of halogens is 1.